The number of amides is 1. The fourth-order valence-corrected chi connectivity index (χ4v) is 2.79. The summed E-state index contributed by atoms with van der Waals surface area (Å²) >= 11 is 0. The standard InChI is InChI=1S/C21H27NO6/c1-7-13-11-17(23)26-15-9-12(3)10-16(18(13)15)27-19(24)14(8-2)22-20(25)28-21(4,5)6/h9-11,14H,7-8H2,1-6H3,(H,22,25). The van der Waals surface area contributed by atoms with Gasteiger partial charge in [-0.1, -0.05) is 13.8 Å². The van der Waals surface area contributed by atoms with Gasteiger partial charge in [-0.3, -0.25) is 0 Å². The van der Waals surface area contributed by atoms with Gasteiger partial charge < -0.3 is 19.2 Å². The van der Waals surface area contributed by atoms with Gasteiger partial charge in [0, 0.05) is 6.07 Å². The number of alkyl carbamates (subject to hydrolysis) is 1. The lowest BCUT2D eigenvalue weighted by Gasteiger charge is -2.22. The number of esters is 1. The molecule has 1 aromatic heterocycles. The minimum Gasteiger partial charge on any atom is -0.444 e. The molecule has 0 saturated carbocycles. The van der Waals surface area contributed by atoms with Gasteiger partial charge in [-0.2, -0.15) is 0 Å². The third kappa shape index (κ3) is 5.34. The van der Waals surface area contributed by atoms with E-state index in [0.29, 0.717) is 29.6 Å². The summed E-state index contributed by atoms with van der Waals surface area (Å²) in [5.41, 5.74) is 0.736. The van der Waals surface area contributed by atoms with Crippen LogP contribution >= 0.6 is 0 Å². The molecule has 7 nitrogen and oxygen atoms in total. The van der Waals surface area contributed by atoms with Crippen molar-refractivity contribution >= 4 is 23.0 Å². The fraction of sp³-hybridized carbons (Fsp3) is 0.476. The van der Waals surface area contributed by atoms with Gasteiger partial charge in [0.05, 0.1) is 5.39 Å². The Morgan fingerprint density at radius 2 is 1.86 bits per heavy atom. The number of hydrogen-bond donors (Lipinski definition) is 1. The molecule has 2 aromatic rings. The maximum atomic E-state index is 12.7. The molecule has 1 atom stereocenters. The maximum Gasteiger partial charge on any atom is 0.408 e. The van der Waals surface area contributed by atoms with E-state index in [1.54, 1.807) is 39.8 Å². The van der Waals surface area contributed by atoms with Gasteiger partial charge in [-0.05, 0) is 63.8 Å². The summed E-state index contributed by atoms with van der Waals surface area (Å²) in [4.78, 5) is 36.4. The van der Waals surface area contributed by atoms with Crippen molar-refractivity contribution in [3.63, 3.8) is 0 Å². The van der Waals surface area contributed by atoms with Crippen LogP contribution in [0, 0.1) is 6.92 Å². The molecule has 1 heterocycles. The summed E-state index contributed by atoms with van der Waals surface area (Å²) in [6, 6.07) is 3.96. The number of aryl methyl sites for hydroxylation is 2. The fourth-order valence-electron chi connectivity index (χ4n) is 2.79. The predicted octanol–water partition coefficient (Wildman–Crippen LogP) is 3.87. The molecular formula is C21H27NO6. The highest BCUT2D eigenvalue weighted by Crippen LogP contribution is 2.30. The molecule has 0 aliphatic rings. The van der Waals surface area contributed by atoms with E-state index >= 15 is 0 Å². The Morgan fingerprint density at radius 3 is 2.43 bits per heavy atom. The maximum absolute atomic E-state index is 12.7. The topological polar surface area (TPSA) is 94.8 Å². The van der Waals surface area contributed by atoms with E-state index in [0.717, 1.165) is 11.1 Å². The lowest BCUT2D eigenvalue weighted by atomic mass is 10.0. The molecule has 0 bridgehead atoms. The van der Waals surface area contributed by atoms with Crippen LogP contribution in [0.2, 0.25) is 0 Å². The molecule has 0 fully saturated rings. The van der Waals surface area contributed by atoms with Crippen molar-refractivity contribution < 1.29 is 23.5 Å². The number of rotatable bonds is 5. The summed E-state index contributed by atoms with van der Waals surface area (Å²) in [5, 5.41) is 3.11. The Labute approximate surface area is 164 Å². The van der Waals surface area contributed by atoms with Crippen molar-refractivity contribution in [1.82, 2.24) is 5.32 Å². The van der Waals surface area contributed by atoms with Crippen LogP contribution in [0.3, 0.4) is 0 Å². The summed E-state index contributed by atoms with van der Waals surface area (Å²) in [6.45, 7) is 10.7. The zero-order valence-corrected chi connectivity index (χ0v) is 17.2. The van der Waals surface area contributed by atoms with Crippen LogP contribution in [0.25, 0.3) is 11.0 Å². The first-order chi connectivity index (χ1) is 13.0. The van der Waals surface area contributed by atoms with Crippen LogP contribution in [-0.4, -0.2) is 23.7 Å². The highest BCUT2D eigenvalue weighted by Gasteiger charge is 2.25. The van der Waals surface area contributed by atoms with Gasteiger partial charge in [0.2, 0.25) is 0 Å². The van der Waals surface area contributed by atoms with Gasteiger partial charge in [-0.25, -0.2) is 14.4 Å². The molecular weight excluding hydrogens is 362 g/mol. The second-order valence-electron chi connectivity index (χ2n) is 7.61. The quantitative estimate of drug-likeness (QED) is 0.474. The Balaban J connectivity index is 2.33. The Kier molecular flexibility index (Phi) is 6.48. The number of carbonyl (C=O) groups excluding carboxylic acids is 2. The van der Waals surface area contributed by atoms with Crippen molar-refractivity contribution in [3.05, 3.63) is 39.7 Å². The van der Waals surface area contributed by atoms with Crippen LogP contribution in [0.15, 0.2) is 27.4 Å². The van der Waals surface area contributed by atoms with E-state index < -0.39 is 29.3 Å². The molecule has 1 amide bonds. The zero-order chi connectivity index (χ0) is 21.1. The number of benzene rings is 1. The first-order valence-corrected chi connectivity index (χ1v) is 9.32. The Bertz CT molecular complexity index is 938. The van der Waals surface area contributed by atoms with Gasteiger partial charge in [-0.15, -0.1) is 0 Å². The molecule has 7 heteroatoms. The third-order valence-corrected chi connectivity index (χ3v) is 4.01. The molecule has 0 spiro atoms. The molecule has 152 valence electrons. The lowest BCUT2D eigenvalue weighted by Crippen LogP contribution is -2.44. The lowest BCUT2D eigenvalue weighted by molar-refractivity contribution is -0.136. The Hall–Kier alpha value is -2.83. The molecule has 0 saturated heterocycles. The smallest absolute Gasteiger partial charge is 0.408 e. The summed E-state index contributed by atoms with van der Waals surface area (Å²) in [6.07, 6.45) is 0.214. The van der Waals surface area contributed by atoms with Crippen molar-refractivity contribution in [2.45, 2.75) is 66.0 Å². The number of fused-ring (bicyclic) bond motifs is 1. The van der Waals surface area contributed by atoms with Gasteiger partial charge in [0.1, 0.15) is 23.0 Å². The molecule has 1 N–H and O–H groups in total. The van der Waals surface area contributed by atoms with Crippen LogP contribution in [0.1, 0.15) is 52.2 Å². The van der Waals surface area contributed by atoms with E-state index in [9.17, 15) is 14.4 Å². The summed E-state index contributed by atoms with van der Waals surface area (Å²) < 4.78 is 16.1. The van der Waals surface area contributed by atoms with Gasteiger partial charge in [0.25, 0.3) is 0 Å². The molecule has 0 aliphatic heterocycles. The molecule has 1 aromatic carbocycles. The van der Waals surface area contributed by atoms with Gasteiger partial charge >= 0.3 is 17.7 Å². The van der Waals surface area contributed by atoms with Crippen molar-refractivity contribution in [2.75, 3.05) is 0 Å². The summed E-state index contributed by atoms with van der Waals surface area (Å²) in [7, 11) is 0. The third-order valence-electron chi connectivity index (χ3n) is 4.01. The minimum absolute atomic E-state index is 0.296. The number of hydrogen-bond acceptors (Lipinski definition) is 6. The minimum atomic E-state index is -0.869. The highest BCUT2D eigenvalue weighted by atomic mass is 16.6. The van der Waals surface area contributed by atoms with Gasteiger partial charge in [0.15, 0.2) is 0 Å². The predicted molar refractivity (Wildman–Crippen MR) is 106 cm³/mol. The zero-order valence-electron chi connectivity index (χ0n) is 17.2. The molecule has 1 unspecified atom stereocenters. The van der Waals surface area contributed by atoms with E-state index in [2.05, 4.69) is 5.32 Å². The van der Waals surface area contributed by atoms with E-state index in [-0.39, 0.29) is 0 Å². The largest absolute Gasteiger partial charge is 0.444 e. The second-order valence-corrected chi connectivity index (χ2v) is 7.61. The second kappa shape index (κ2) is 8.46. The highest BCUT2D eigenvalue weighted by molar-refractivity contribution is 5.91. The first-order valence-electron chi connectivity index (χ1n) is 9.32. The van der Waals surface area contributed by atoms with Crippen LogP contribution < -0.4 is 15.7 Å². The van der Waals surface area contributed by atoms with Crippen molar-refractivity contribution in [1.29, 1.82) is 0 Å². The number of carbonyl (C=O) groups is 2. The SMILES string of the molecule is CCc1cc(=O)oc2cc(C)cc(OC(=O)C(CC)NC(=O)OC(C)(C)C)c12. The molecule has 0 radical (unpaired) electrons. The van der Waals surface area contributed by atoms with E-state index in [4.69, 9.17) is 13.9 Å². The first kappa shape index (κ1) is 21.5. The average Bonchev–Trinajstić information content (AvgIpc) is 2.56. The molecule has 2 rings (SSSR count). The molecule has 28 heavy (non-hydrogen) atoms. The van der Waals surface area contributed by atoms with E-state index in [1.807, 2.05) is 13.8 Å². The molecule has 0 aliphatic carbocycles. The van der Waals surface area contributed by atoms with Crippen molar-refractivity contribution in [3.8, 4) is 5.75 Å². The van der Waals surface area contributed by atoms with Crippen molar-refractivity contribution in [2.24, 2.45) is 0 Å². The summed E-state index contributed by atoms with van der Waals surface area (Å²) in [5.74, 6) is -0.321. The number of nitrogens with one attached hydrogen (secondary N) is 1. The Morgan fingerprint density at radius 1 is 1.18 bits per heavy atom. The average molecular weight is 389 g/mol. The normalized spacial score (nSPS) is 12.5. The monoisotopic (exact) mass is 389 g/mol. The van der Waals surface area contributed by atoms with E-state index in [1.165, 1.54) is 6.07 Å². The number of ether oxygens (including phenoxy) is 2. The van der Waals surface area contributed by atoms with Crippen LogP contribution in [0.5, 0.6) is 5.75 Å². The van der Waals surface area contributed by atoms with Crippen LogP contribution in [-0.2, 0) is 16.0 Å². The van der Waals surface area contributed by atoms with Crippen LogP contribution in [0.4, 0.5) is 4.79 Å².